The zero-order valence-corrected chi connectivity index (χ0v) is 10.7. The second-order valence-corrected chi connectivity index (χ2v) is 7.18. The summed E-state index contributed by atoms with van der Waals surface area (Å²) in [4.78, 5) is 10.8. The van der Waals surface area contributed by atoms with Gasteiger partial charge in [-0.05, 0) is 25.7 Å². The zero-order valence-electron chi connectivity index (χ0n) is 9.84. The minimum Gasteiger partial charge on any atom is -0.481 e. The van der Waals surface area contributed by atoms with Crippen molar-refractivity contribution in [2.75, 3.05) is 13.1 Å². The third-order valence-corrected chi connectivity index (χ3v) is 6.29. The molecule has 0 bridgehead atoms. The second-order valence-electron chi connectivity index (χ2n) is 4.96. The maximum atomic E-state index is 12.2. The van der Waals surface area contributed by atoms with E-state index >= 15 is 0 Å². The van der Waals surface area contributed by atoms with E-state index in [0.717, 1.165) is 25.7 Å². The van der Waals surface area contributed by atoms with Crippen molar-refractivity contribution < 1.29 is 18.3 Å². The number of sulfonamides is 1. The van der Waals surface area contributed by atoms with Crippen LogP contribution < -0.4 is 0 Å². The van der Waals surface area contributed by atoms with Crippen molar-refractivity contribution >= 4 is 16.0 Å². The van der Waals surface area contributed by atoms with Crippen LogP contribution >= 0.6 is 0 Å². The Labute approximate surface area is 102 Å². The standard InChI is InChI=1S/C11H19NO4S/c13-11(14)9-5-7-12(8-6-9)17(15,16)10-3-1-2-4-10/h9-10H,1-8H2,(H,13,14). The molecule has 5 nitrogen and oxygen atoms in total. The molecule has 1 N–H and O–H groups in total. The molecule has 0 spiro atoms. The lowest BCUT2D eigenvalue weighted by Gasteiger charge is -2.31. The number of carboxylic acid groups (broad SMARTS) is 1. The van der Waals surface area contributed by atoms with Crippen LogP contribution in [0.2, 0.25) is 0 Å². The summed E-state index contributed by atoms with van der Waals surface area (Å²) in [7, 11) is -3.17. The van der Waals surface area contributed by atoms with Gasteiger partial charge in [0.2, 0.25) is 10.0 Å². The lowest BCUT2D eigenvalue weighted by atomic mass is 9.99. The van der Waals surface area contributed by atoms with Crippen molar-refractivity contribution in [1.29, 1.82) is 0 Å². The quantitative estimate of drug-likeness (QED) is 0.824. The van der Waals surface area contributed by atoms with E-state index in [1.165, 1.54) is 4.31 Å². The van der Waals surface area contributed by atoms with Crippen molar-refractivity contribution in [3.63, 3.8) is 0 Å². The van der Waals surface area contributed by atoms with Crippen LogP contribution in [-0.2, 0) is 14.8 Å². The first-order valence-electron chi connectivity index (χ1n) is 6.23. The van der Waals surface area contributed by atoms with Crippen LogP contribution in [0.25, 0.3) is 0 Å². The third-order valence-electron chi connectivity index (χ3n) is 3.89. The summed E-state index contributed by atoms with van der Waals surface area (Å²) in [6.45, 7) is 0.742. The molecule has 0 aromatic rings. The van der Waals surface area contributed by atoms with Crippen LogP contribution in [0.5, 0.6) is 0 Å². The van der Waals surface area contributed by atoms with Crippen molar-refractivity contribution in [2.45, 2.75) is 43.8 Å². The van der Waals surface area contributed by atoms with Crippen molar-refractivity contribution in [3.8, 4) is 0 Å². The van der Waals surface area contributed by atoms with Gasteiger partial charge in [0.05, 0.1) is 11.2 Å². The van der Waals surface area contributed by atoms with Gasteiger partial charge in [0, 0.05) is 13.1 Å². The molecule has 2 fully saturated rings. The maximum Gasteiger partial charge on any atom is 0.306 e. The van der Waals surface area contributed by atoms with Gasteiger partial charge in [0.15, 0.2) is 0 Å². The van der Waals surface area contributed by atoms with Gasteiger partial charge in [-0.25, -0.2) is 12.7 Å². The zero-order chi connectivity index (χ0) is 12.5. The number of rotatable bonds is 3. The molecule has 1 saturated carbocycles. The molecular weight excluding hydrogens is 242 g/mol. The predicted molar refractivity (Wildman–Crippen MR) is 63.1 cm³/mol. The average Bonchev–Trinajstić information content (AvgIpc) is 2.83. The molecule has 6 heteroatoms. The molecule has 1 heterocycles. The summed E-state index contributed by atoms with van der Waals surface area (Å²) in [6.07, 6.45) is 4.41. The lowest BCUT2D eigenvalue weighted by molar-refractivity contribution is -0.142. The minimum atomic E-state index is -3.17. The van der Waals surface area contributed by atoms with E-state index in [1.54, 1.807) is 0 Å². The first kappa shape index (κ1) is 12.8. The largest absolute Gasteiger partial charge is 0.481 e. The van der Waals surface area contributed by atoms with Gasteiger partial charge in [-0.2, -0.15) is 0 Å². The summed E-state index contributed by atoms with van der Waals surface area (Å²) in [6, 6.07) is 0. The smallest absolute Gasteiger partial charge is 0.306 e. The summed E-state index contributed by atoms with van der Waals surface area (Å²) in [5.74, 6) is -1.17. The first-order chi connectivity index (χ1) is 8.01. The van der Waals surface area contributed by atoms with Crippen molar-refractivity contribution in [2.24, 2.45) is 5.92 Å². The van der Waals surface area contributed by atoms with Gasteiger partial charge in [0.25, 0.3) is 0 Å². The van der Waals surface area contributed by atoms with Crippen molar-refractivity contribution in [3.05, 3.63) is 0 Å². The molecule has 98 valence electrons. The Morgan fingerprint density at radius 3 is 2.06 bits per heavy atom. The highest BCUT2D eigenvalue weighted by Crippen LogP contribution is 2.29. The SMILES string of the molecule is O=C(O)C1CCN(S(=O)(=O)C2CCCC2)CC1. The monoisotopic (exact) mass is 261 g/mol. The van der Waals surface area contributed by atoms with E-state index in [0.29, 0.717) is 25.9 Å². The molecule has 0 aromatic heterocycles. The Balaban J connectivity index is 1.98. The van der Waals surface area contributed by atoms with E-state index < -0.39 is 16.0 Å². The predicted octanol–water partition coefficient (Wildman–Crippen LogP) is 1.06. The highest BCUT2D eigenvalue weighted by atomic mass is 32.2. The van der Waals surface area contributed by atoms with Crippen LogP contribution in [0.4, 0.5) is 0 Å². The number of carboxylic acids is 1. The molecule has 0 unspecified atom stereocenters. The molecule has 1 aliphatic heterocycles. The van der Waals surface area contributed by atoms with Gasteiger partial charge in [0.1, 0.15) is 0 Å². The van der Waals surface area contributed by atoms with Gasteiger partial charge >= 0.3 is 5.97 Å². The highest BCUT2D eigenvalue weighted by Gasteiger charge is 2.37. The summed E-state index contributed by atoms with van der Waals surface area (Å²) < 4.78 is 26.0. The van der Waals surface area contributed by atoms with Crippen LogP contribution in [0.1, 0.15) is 38.5 Å². The number of hydrogen-bond donors (Lipinski definition) is 1. The molecule has 17 heavy (non-hydrogen) atoms. The van der Waals surface area contributed by atoms with Crippen LogP contribution in [-0.4, -0.2) is 42.1 Å². The fourth-order valence-corrected chi connectivity index (χ4v) is 4.82. The Morgan fingerprint density at radius 2 is 1.59 bits per heavy atom. The van der Waals surface area contributed by atoms with Gasteiger partial charge < -0.3 is 5.11 Å². The van der Waals surface area contributed by atoms with E-state index in [4.69, 9.17) is 5.11 Å². The summed E-state index contributed by atoms with van der Waals surface area (Å²) >= 11 is 0. The summed E-state index contributed by atoms with van der Waals surface area (Å²) in [5.41, 5.74) is 0. The molecule has 0 aromatic carbocycles. The molecule has 0 radical (unpaired) electrons. The van der Waals surface area contributed by atoms with Crippen LogP contribution in [0.3, 0.4) is 0 Å². The third kappa shape index (κ3) is 2.63. The fourth-order valence-electron chi connectivity index (χ4n) is 2.75. The van der Waals surface area contributed by atoms with Crippen molar-refractivity contribution in [1.82, 2.24) is 4.31 Å². The topological polar surface area (TPSA) is 74.7 Å². The number of nitrogens with zero attached hydrogens (tertiary/aromatic N) is 1. The van der Waals surface area contributed by atoms with E-state index in [-0.39, 0.29) is 11.2 Å². The average molecular weight is 261 g/mol. The summed E-state index contributed by atoms with van der Waals surface area (Å²) in [5, 5.41) is 8.65. The maximum absolute atomic E-state index is 12.2. The lowest BCUT2D eigenvalue weighted by Crippen LogP contribution is -2.43. The number of hydrogen-bond acceptors (Lipinski definition) is 3. The molecule has 1 saturated heterocycles. The molecule has 1 aliphatic carbocycles. The van der Waals surface area contributed by atoms with Gasteiger partial charge in [-0.15, -0.1) is 0 Å². The van der Waals surface area contributed by atoms with Crippen LogP contribution in [0, 0.1) is 5.92 Å². The Bertz CT molecular complexity index is 378. The molecular formula is C11H19NO4S. The first-order valence-corrected chi connectivity index (χ1v) is 7.74. The van der Waals surface area contributed by atoms with E-state index in [2.05, 4.69) is 0 Å². The Kier molecular flexibility index (Phi) is 3.73. The Morgan fingerprint density at radius 1 is 1.06 bits per heavy atom. The van der Waals surface area contributed by atoms with E-state index in [1.807, 2.05) is 0 Å². The molecule has 0 amide bonds. The molecule has 0 atom stereocenters. The second kappa shape index (κ2) is 4.94. The Hall–Kier alpha value is -0.620. The molecule has 2 aliphatic rings. The minimum absolute atomic E-state index is 0.219. The molecule has 2 rings (SSSR count). The van der Waals surface area contributed by atoms with Gasteiger partial charge in [-0.1, -0.05) is 12.8 Å². The highest BCUT2D eigenvalue weighted by molar-refractivity contribution is 7.89. The number of carbonyl (C=O) groups is 1. The normalized spacial score (nSPS) is 25.2. The van der Waals surface area contributed by atoms with E-state index in [9.17, 15) is 13.2 Å². The van der Waals surface area contributed by atoms with Gasteiger partial charge in [-0.3, -0.25) is 4.79 Å². The number of piperidine rings is 1. The number of aliphatic carboxylic acids is 1. The fraction of sp³-hybridized carbons (Fsp3) is 0.909. The van der Waals surface area contributed by atoms with Crippen LogP contribution in [0.15, 0.2) is 0 Å².